The number of hydrogen-bond donors (Lipinski definition) is 3. The van der Waals surface area contributed by atoms with Crippen molar-refractivity contribution in [2.45, 2.75) is 44.7 Å². The Hall–Kier alpha value is -4.74. The molecule has 12 heteroatoms. The van der Waals surface area contributed by atoms with Gasteiger partial charge >= 0.3 is 5.69 Å². The molecule has 1 fully saturated rings. The fraction of sp³-hybridized carbons (Fsp3) is 0.324. The van der Waals surface area contributed by atoms with Crippen LogP contribution in [0.5, 0.6) is 5.88 Å². The molecule has 46 heavy (non-hydrogen) atoms. The van der Waals surface area contributed by atoms with Crippen molar-refractivity contribution in [3.05, 3.63) is 96.8 Å². The zero-order chi connectivity index (χ0) is 32.7. The van der Waals surface area contributed by atoms with Gasteiger partial charge in [0, 0.05) is 62.0 Å². The molecular formula is C34H35ClN6O5. The van der Waals surface area contributed by atoms with Gasteiger partial charge in [-0.25, -0.2) is 9.78 Å². The first-order valence-electron chi connectivity index (χ1n) is 15.1. The molecule has 3 N–H and O–H groups in total. The van der Waals surface area contributed by atoms with Gasteiger partial charge in [0.15, 0.2) is 0 Å². The van der Waals surface area contributed by atoms with Gasteiger partial charge in [-0.1, -0.05) is 41.9 Å². The second kappa shape index (κ2) is 12.6. The number of fused-ring (bicyclic) bond motifs is 1. The number of hydrogen-bond acceptors (Lipinski definition) is 7. The minimum absolute atomic E-state index is 0.0918. The standard InChI is InChI=1S/C34H35ClN6O5/c1-18-21(23-9-6-10-26(30(23)35)38-31(43)24-17-40(2)34(45)41(3)33(24)44)7-5-8-22(18)27-15-19-11-13-25(29(19)32(39-27)46-4)36-16-20-12-14-28(42)37-20/h5-10,15,17,20,25,36H,11-14,16H2,1-4H3,(H,37,42)(H,38,43)/t20-,25+/m0/s1. The van der Waals surface area contributed by atoms with E-state index in [1.165, 1.54) is 30.4 Å². The number of aryl methyl sites for hydroxylation is 2. The Labute approximate surface area is 270 Å². The molecule has 2 aliphatic rings. The molecule has 2 amide bonds. The maximum atomic E-state index is 13.1. The lowest BCUT2D eigenvalue weighted by Crippen LogP contribution is -2.40. The number of rotatable bonds is 8. The number of nitrogens with zero attached hydrogens (tertiary/aromatic N) is 3. The Morgan fingerprint density at radius 1 is 1.07 bits per heavy atom. The number of nitrogens with one attached hydrogen (secondary N) is 3. The van der Waals surface area contributed by atoms with Crippen LogP contribution in [0.15, 0.2) is 58.3 Å². The summed E-state index contributed by atoms with van der Waals surface area (Å²) < 4.78 is 7.87. The molecule has 4 aromatic rings. The lowest BCUT2D eigenvalue weighted by Gasteiger charge is -2.20. The smallest absolute Gasteiger partial charge is 0.330 e. The predicted octanol–water partition coefficient (Wildman–Crippen LogP) is 3.89. The molecule has 0 saturated carbocycles. The van der Waals surface area contributed by atoms with E-state index in [2.05, 4.69) is 22.0 Å². The summed E-state index contributed by atoms with van der Waals surface area (Å²) in [5.41, 5.74) is 5.36. The Kier molecular flexibility index (Phi) is 8.54. The van der Waals surface area contributed by atoms with Crippen LogP contribution >= 0.6 is 11.6 Å². The highest BCUT2D eigenvalue weighted by atomic mass is 35.5. The van der Waals surface area contributed by atoms with E-state index in [1.54, 1.807) is 19.2 Å². The molecule has 11 nitrogen and oxygen atoms in total. The third kappa shape index (κ3) is 5.72. The molecule has 1 saturated heterocycles. The maximum absolute atomic E-state index is 13.1. The van der Waals surface area contributed by atoms with E-state index in [-0.39, 0.29) is 23.6 Å². The molecule has 2 atom stereocenters. The van der Waals surface area contributed by atoms with Crippen molar-refractivity contribution in [1.29, 1.82) is 0 Å². The van der Waals surface area contributed by atoms with E-state index < -0.39 is 17.2 Å². The van der Waals surface area contributed by atoms with Gasteiger partial charge in [-0.3, -0.25) is 19.0 Å². The number of benzene rings is 2. The van der Waals surface area contributed by atoms with E-state index in [1.807, 2.05) is 31.2 Å². The van der Waals surface area contributed by atoms with Crippen molar-refractivity contribution < 1.29 is 14.3 Å². The molecule has 0 spiro atoms. The summed E-state index contributed by atoms with van der Waals surface area (Å²) in [5, 5.41) is 9.67. The molecule has 1 aliphatic carbocycles. The van der Waals surface area contributed by atoms with E-state index in [0.29, 0.717) is 35.1 Å². The van der Waals surface area contributed by atoms with Crippen LogP contribution in [0.2, 0.25) is 5.02 Å². The van der Waals surface area contributed by atoms with Crippen molar-refractivity contribution in [3.63, 3.8) is 0 Å². The molecular weight excluding hydrogens is 608 g/mol. The van der Waals surface area contributed by atoms with Crippen molar-refractivity contribution in [3.8, 4) is 28.3 Å². The molecule has 0 bridgehead atoms. The summed E-state index contributed by atoms with van der Waals surface area (Å²) in [6, 6.07) is 13.6. The van der Waals surface area contributed by atoms with Crippen LogP contribution in [0.3, 0.4) is 0 Å². The molecule has 1 aliphatic heterocycles. The highest BCUT2D eigenvalue weighted by Gasteiger charge is 2.30. The summed E-state index contributed by atoms with van der Waals surface area (Å²) >= 11 is 6.88. The highest BCUT2D eigenvalue weighted by molar-refractivity contribution is 6.36. The lowest BCUT2D eigenvalue weighted by molar-refractivity contribution is -0.119. The van der Waals surface area contributed by atoms with Crippen LogP contribution in [0.25, 0.3) is 22.4 Å². The predicted molar refractivity (Wildman–Crippen MR) is 177 cm³/mol. The first-order valence-corrected chi connectivity index (χ1v) is 15.5. The van der Waals surface area contributed by atoms with Gasteiger partial charge in [0.2, 0.25) is 11.8 Å². The van der Waals surface area contributed by atoms with E-state index in [4.69, 9.17) is 21.3 Å². The minimum Gasteiger partial charge on any atom is -0.481 e. The van der Waals surface area contributed by atoms with Gasteiger partial charge < -0.3 is 25.3 Å². The first kappa shape index (κ1) is 31.3. The lowest BCUT2D eigenvalue weighted by atomic mass is 9.93. The number of aromatic nitrogens is 3. The average molecular weight is 643 g/mol. The monoisotopic (exact) mass is 642 g/mol. The number of amides is 2. The van der Waals surface area contributed by atoms with Gasteiger partial charge in [-0.05, 0) is 55.0 Å². The Morgan fingerprint density at radius 2 is 1.80 bits per heavy atom. The number of pyridine rings is 1. The second-order valence-corrected chi connectivity index (χ2v) is 12.2. The fourth-order valence-corrected chi connectivity index (χ4v) is 6.69. The molecule has 0 radical (unpaired) electrons. The number of carbonyl (C=O) groups excluding carboxylic acids is 2. The molecule has 2 aromatic heterocycles. The third-order valence-corrected chi connectivity index (χ3v) is 9.29. The van der Waals surface area contributed by atoms with E-state index >= 15 is 0 Å². The maximum Gasteiger partial charge on any atom is 0.330 e. The molecule has 2 aromatic carbocycles. The van der Waals surface area contributed by atoms with Gasteiger partial charge in [-0.15, -0.1) is 0 Å². The number of carbonyl (C=O) groups is 2. The molecule has 0 unspecified atom stereocenters. The normalized spacial score (nSPS) is 17.1. The van der Waals surface area contributed by atoms with E-state index in [9.17, 15) is 19.2 Å². The van der Waals surface area contributed by atoms with Gasteiger partial charge in [0.1, 0.15) is 5.56 Å². The zero-order valence-corrected chi connectivity index (χ0v) is 26.8. The van der Waals surface area contributed by atoms with E-state index in [0.717, 1.165) is 51.8 Å². The van der Waals surface area contributed by atoms with Gasteiger partial charge in [-0.2, -0.15) is 0 Å². The largest absolute Gasteiger partial charge is 0.481 e. The Morgan fingerprint density at radius 3 is 2.54 bits per heavy atom. The third-order valence-electron chi connectivity index (χ3n) is 8.89. The Balaban J connectivity index is 1.29. The second-order valence-electron chi connectivity index (χ2n) is 11.8. The van der Waals surface area contributed by atoms with Crippen molar-refractivity contribution in [2.24, 2.45) is 14.1 Å². The van der Waals surface area contributed by atoms with Crippen LogP contribution in [-0.2, 0) is 25.3 Å². The first-order chi connectivity index (χ1) is 22.1. The highest BCUT2D eigenvalue weighted by Crippen LogP contribution is 2.42. The van der Waals surface area contributed by atoms with Crippen molar-refractivity contribution in [1.82, 2.24) is 24.8 Å². The topological polar surface area (TPSA) is 136 Å². The fourth-order valence-electron chi connectivity index (χ4n) is 6.41. The van der Waals surface area contributed by atoms with Crippen molar-refractivity contribution in [2.75, 3.05) is 19.0 Å². The van der Waals surface area contributed by atoms with Crippen LogP contribution in [0, 0.1) is 6.92 Å². The molecule has 3 heterocycles. The summed E-state index contributed by atoms with van der Waals surface area (Å²) in [6.45, 7) is 2.70. The summed E-state index contributed by atoms with van der Waals surface area (Å²) in [7, 11) is 4.43. The van der Waals surface area contributed by atoms with Crippen molar-refractivity contribution >= 4 is 29.1 Å². The molecule has 238 valence electrons. The number of anilines is 1. The zero-order valence-electron chi connectivity index (χ0n) is 26.1. The molecule has 6 rings (SSSR count). The van der Waals surface area contributed by atoms with Crippen LogP contribution in [-0.4, -0.2) is 45.6 Å². The Bertz CT molecular complexity index is 2000. The average Bonchev–Trinajstić information content (AvgIpc) is 3.66. The number of methoxy groups -OCH3 is 1. The summed E-state index contributed by atoms with van der Waals surface area (Å²) in [4.78, 5) is 54.4. The minimum atomic E-state index is -0.696. The SMILES string of the molecule is COc1nc(-c2cccc(-c3cccc(NC(=O)c4cn(C)c(=O)n(C)c4=O)c3Cl)c2C)cc2c1[C@H](NC[C@@H]1CCC(=O)N1)CC2. The van der Waals surface area contributed by atoms with Gasteiger partial charge in [0.25, 0.3) is 11.5 Å². The van der Waals surface area contributed by atoms with Gasteiger partial charge in [0.05, 0.1) is 23.5 Å². The van der Waals surface area contributed by atoms with Crippen LogP contribution in [0.4, 0.5) is 5.69 Å². The summed E-state index contributed by atoms with van der Waals surface area (Å²) in [6.07, 6.45) is 4.42. The summed E-state index contributed by atoms with van der Waals surface area (Å²) in [5.74, 6) is 0.0114. The number of halogens is 1. The number of ether oxygens (including phenoxy) is 1. The van der Waals surface area contributed by atoms with Crippen LogP contribution in [0.1, 0.15) is 52.4 Å². The van der Waals surface area contributed by atoms with Crippen LogP contribution < -0.4 is 31.9 Å². The quantitative estimate of drug-likeness (QED) is 0.265.